The zero-order valence-electron chi connectivity index (χ0n) is 17.5. The number of hydrogen-bond donors (Lipinski definition) is 0. The van der Waals surface area contributed by atoms with E-state index in [9.17, 15) is 4.79 Å². The normalized spacial score (nSPS) is 11.7. The van der Waals surface area contributed by atoms with Crippen molar-refractivity contribution >= 4 is 5.78 Å². The van der Waals surface area contributed by atoms with Gasteiger partial charge in [-0.25, -0.2) is 0 Å². The summed E-state index contributed by atoms with van der Waals surface area (Å²) >= 11 is 0. The maximum Gasteiger partial charge on any atom is 0.193 e. The molecule has 1 atom stereocenters. The number of hydrogen-bond acceptors (Lipinski definition) is 2. The van der Waals surface area contributed by atoms with Gasteiger partial charge >= 0.3 is 0 Å². The average Bonchev–Trinajstić information content (AvgIpc) is 2.86. The summed E-state index contributed by atoms with van der Waals surface area (Å²) in [4.78, 5) is 12.7. The number of carbonyl (C=O) groups is 1. The Morgan fingerprint density at radius 2 is 1.13 bits per heavy atom. The molecule has 2 nitrogen and oxygen atoms in total. The lowest BCUT2D eigenvalue weighted by Crippen LogP contribution is -2.08. The van der Waals surface area contributed by atoms with Crippen LogP contribution in [0.15, 0.2) is 115 Å². The van der Waals surface area contributed by atoms with Crippen molar-refractivity contribution in [3.8, 4) is 0 Å². The first-order valence-corrected chi connectivity index (χ1v) is 10.7. The number of ketones is 1. The third-order valence-electron chi connectivity index (χ3n) is 5.41. The third-order valence-corrected chi connectivity index (χ3v) is 5.41. The van der Waals surface area contributed by atoms with Gasteiger partial charge in [-0.1, -0.05) is 115 Å². The highest BCUT2D eigenvalue weighted by Gasteiger charge is 2.15. The second-order valence-electron chi connectivity index (χ2n) is 7.63. The Labute approximate surface area is 184 Å². The van der Waals surface area contributed by atoms with E-state index in [-0.39, 0.29) is 11.9 Å². The van der Waals surface area contributed by atoms with Gasteiger partial charge in [-0.2, -0.15) is 0 Å². The lowest BCUT2D eigenvalue weighted by molar-refractivity contribution is 0.0340. The molecule has 31 heavy (non-hydrogen) atoms. The van der Waals surface area contributed by atoms with Crippen LogP contribution >= 0.6 is 0 Å². The first-order chi connectivity index (χ1) is 15.3. The van der Waals surface area contributed by atoms with Crippen LogP contribution in [0.2, 0.25) is 0 Å². The molecule has 4 aromatic rings. The highest BCUT2D eigenvalue weighted by Crippen LogP contribution is 2.26. The van der Waals surface area contributed by atoms with E-state index < -0.39 is 0 Å². The molecule has 0 heterocycles. The van der Waals surface area contributed by atoms with Crippen LogP contribution in [-0.4, -0.2) is 5.78 Å². The van der Waals surface area contributed by atoms with E-state index in [0.29, 0.717) is 17.7 Å². The molecule has 2 heteroatoms. The summed E-state index contributed by atoms with van der Waals surface area (Å²) in [6, 6.07) is 38.0. The van der Waals surface area contributed by atoms with E-state index in [1.807, 2.05) is 78.9 Å². The molecule has 0 amide bonds. The molecule has 4 aromatic carbocycles. The first-order valence-electron chi connectivity index (χ1n) is 10.7. The van der Waals surface area contributed by atoms with E-state index in [4.69, 9.17) is 4.74 Å². The standard InChI is InChI=1S/C29H26O2/c30-29(26-14-8-3-9-15-26)27-19-17-25(18-20-27)28(21-16-23-10-4-1-5-11-23)31-22-24-12-6-2-7-13-24/h1-15,17-20,28H,16,21-22H2. The van der Waals surface area contributed by atoms with Crippen molar-refractivity contribution in [2.24, 2.45) is 0 Å². The van der Waals surface area contributed by atoms with E-state index in [0.717, 1.165) is 24.0 Å². The molecule has 0 saturated carbocycles. The monoisotopic (exact) mass is 406 g/mol. The molecule has 0 aliphatic heterocycles. The third kappa shape index (κ3) is 5.78. The van der Waals surface area contributed by atoms with Crippen LogP contribution in [0, 0.1) is 0 Å². The number of carbonyl (C=O) groups excluding carboxylic acids is 1. The maximum atomic E-state index is 12.7. The van der Waals surface area contributed by atoms with Crippen molar-refractivity contribution in [2.45, 2.75) is 25.6 Å². The SMILES string of the molecule is O=C(c1ccccc1)c1ccc(C(CCc2ccccc2)OCc2ccccc2)cc1. The molecular formula is C29H26O2. The summed E-state index contributed by atoms with van der Waals surface area (Å²) in [5.74, 6) is 0.0400. The quantitative estimate of drug-likeness (QED) is 0.285. The second-order valence-corrected chi connectivity index (χ2v) is 7.63. The lowest BCUT2D eigenvalue weighted by Gasteiger charge is -2.19. The Bertz CT molecular complexity index is 1030. The fourth-order valence-corrected chi connectivity index (χ4v) is 3.67. The van der Waals surface area contributed by atoms with Gasteiger partial charge in [0.15, 0.2) is 5.78 Å². The van der Waals surface area contributed by atoms with Gasteiger partial charge in [-0.05, 0) is 29.5 Å². The molecule has 0 aliphatic carbocycles. The number of rotatable bonds is 9. The van der Waals surface area contributed by atoms with Crippen LogP contribution in [0.1, 0.15) is 45.1 Å². The summed E-state index contributed by atoms with van der Waals surface area (Å²) in [6.07, 6.45) is 1.77. The van der Waals surface area contributed by atoms with Crippen LogP contribution in [0.25, 0.3) is 0 Å². The van der Waals surface area contributed by atoms with Gasteiger partial charge in [-0.3, -0.25) is 4.79 Å². The number of ether oxygens (including phenoxy) is 1. The first kappa shape index (κ1) is 20.8. The second kappa shape index (κ2) is 10.5. The lowest BCUT2D eigenvalue weighted by atomic mass is 9.97. The number of benzene rings is 4. The molecule has 0 spiro atoms. The van der Waals surface area contributed by atoms with Gasteiger partial charge in [0.2, 0.25) is 0 Å². The van der Waals surface area contributed by atoms with Gasteiger partial charge in [0.05, 0.1) is 12.7 Å². The Kier molecular flexibility index (Phi) is 7.04. The Hall–Kier alpha value is -3.49. The van der Waals surface area contributed by atoms with Gasteiger partial charge in [-0.15, -0.1) is 0 Å². The molecule has 0 saturated heterocycles. The Morgan fingerprint density at radius 3 is 1.74 bits per heavy atom. The predicted octanol–water partition coefficient (Wildman–Crippen LogP) is 6.81. The maximum absolute atomic E-state index is 12.7. The van der Waals surface area contributed by atoms with Crippen molar-refractivity contribution in [1.29, 1.82) is 0 Å². The minimum Gasteiger partial charge on any atom is -0.369 e. The molecule has 154 valence electrons. The number of aryl methyl sites for hydroxylation is 1. The molecule has 0 aliphatic rings. The molecule has 0 radical (unpaired) electrons. The van der Waals surface area contributed by atoms with E-state index in [1.165, 1.54) is 5.56 Å². The summed E-state index contributed by atoms with van der Waals surface area (Å²) in [5.41, 5.74) is 4.95. The van der Waals surface area contributed by atoms with Crippen molar-refractivity contribution in [3.63, 3.8) is 0 Å². The molecular weight excluding hydrogens is 380 g/mol. The summed E-state index contributed by atoms with van der Waals surface area (Å²) in [5, 5.41) is 0. The highest BCUT2D eigenvalue weighted by atomic mass is 16.5. The summed E-state index contributed by atoms with van der Waals surface area (Å²) < 4.78 is 6.34. The summed E-state index contributed by atoms with van der Waals surface area (Å²) in [7, 11) is 0. The van der Waals surface area contributed by atoms with Crippen molar-refractivity contribution in [3.05, 3.63) is 143 Å². The minimum absolute atomic E-state index is 0.0400. The smallest absolute Gasteiger partial charge is 0.193 e. The molecule has 0 bridgehead atoms. The Balaban J connectivity index is 1.49. The van der Waals surface area contributed by atoms with Gasteiger partial charge < -0.3 is 4.74 Å². The predicted molar refractivity (Wildman–Crippen MR) is 125 cm³/mol. The van der Waals surface area contributed by atoms with Crippen molar-refractivity contribution in [2.75, 3.05) is 0 Å². The zero-order chi connectivity index (χ0) is 21.3. The molecule has 4 rings (SSSR count). The van der Waals surface area contributed by atoms with Crippen LogP contribution in [0.5, 0.6) is 0 Å². The average molecular weight is 407 g/mol. The van der Waals surface area contributed by atoms with Crippen LogP contribution in [0.3, 0.4) is 0 Å². The molecule has 0 N–H and O–H groups in total. The Morgan fingerprint density at radius 1 is 0.613 bits per heavy atom. The van der Waals surface area contributed by atoms with E-state index >= 15 is 0 Å². The van der Waals surface area contributed by atoms with Crippen molar-refractivity contribution < 1.29 is 9.53 Å². The van der Waals surface area contributed by atoms with Gasteiger partial charge in [0, 0.05) is 11.1 Å². The fourth-order valence-electron chi connectivity index (χ4n) is 3.67. The van der Waals surface area contributed by atoms with Crippen molar-refractivity contribution in [1.82, 2.24) is 0 Å². The zero-order valence-corrected chi connectivity index (χ0v) is 17.5. The highest BCUT2D eigenvalue weighted by molar-refractivity contribution is 6.08. The topological polar surface area (TPSA) is 26.3 Å². The van der Waals surface area contributed by atoms with Gasteiger partial charge in [0.1, 0.15) is 0 Å². The van der Waals surface area contributed by atoms with Crippen LogP contribution in [-0.2, 0) is 17.8 Å². The molecule has 1 unspecified atom stereocenters. The van der Waals surface area contributed by atoms with Gasteiger partial charge in [0.25, 0.3) is 0 Å². The molecule has 0 aromatic heterocycles. The van der Waals surface area contributed by atoms with E-state index in [2.05, 4.69) is 36.4 Å². The summed E-state index contributed by atoms with van der Waals surface area (Å²) in [6.45, 7) is 0.561. The van der Waals surface area contributed by atoms with Crippen LogP contribution < -0.4 is 0 Å². The fraction of sp³-hybridized carbons (Fsp3) is 0.138. The minimum atomic E-state index is -0.0405. The largest absolute Gasteiger partial charge is 0.369 e. The van der Waals surface area contributed by atoms with Crippen LogP contribution in [0.4, 0.5) is 0 Å². The van der Waals surface area contributed by atoms with E-state index in [1.54, 1.807) is 0 Å². The molecule has 0 fully saturated rings.